The van der Waals surface area contributed by atoms with Gasteiger partial charge >= 0.3 is 0 Å². The van der Waals surface area contributed by atoms with Gasteiger partial charge in [-0.1, -0.05) is 97.1 Å². The van der Waals surface area contributed by atoms with E-state index in [4.69, 9.17) is 11.0 Å². The van der Waals surface area contributed by atoms with Gasteiger partial charge in [-0.2, -0.15) is 5.26 Å². The fraction of sp³-hybridized carbons (Fsp3) is 0. The van der Waals surface area contributed by atoms with Crippen molar-refractivity contribution in [3.63, 3.8) is 0 Å². The summed E-state index contributed by atoms with van der Waals surface area (Å²) < 4.78 is 13.7. The summed E-state index contributed by atoms with van der Waals surface area (Å²) in [7, 11) is 0. The average Bonchev–Trinajstić information content (AvgIpc) is 3.99. The summed E-state index contributed by atoms with van der Waals surface area (Å²) in [6.45, 7) is 8.37. The van der Waals surface area contributed by atoms with Crippen LogP contribution in [-0.4, -0.2) is 13.7 Å². The molecule has 258 valence electrons. The molecule has 0 saturated carbocycles. The van der Waals surface area contributed by atoms with Crippen molar-refractivity contribution in [2.75, 3.05) is 0 Å². The number of furan rings is 1. The predicted octanol–water partition coefficient (Wildman–Crippen LogP) is 13.3. The maximum atomic E-state index is 11.1. The highest BCUT2D eigenvalue weighted by Gasteiger charge is 2.26. The van der Waals surface area contributed by atoms with Crippen LogP contribution in [0.25, 0.3) is 109 Å². The van der Waals surface area contributed by atoms with Crippen molar-refractivity contribution in [3.8, 4) is 23.1 Å². The fourth-order valence-electron chi connectivity index (χ4n) is 9.26. The van der Waals surface area contributed by atoms with Gasteiger partial charge in [0.05, 0.1) is 67.4 Å². The number of nitriles is 1. The molecule has 6 heteroatoms. The summed E-state index contributed by atoms with van der Waals surface area (Å²) >= 11 is 0. The van der Waals surface area contributed by atoms with Crippen LogP contribution in [0.4, 0.5) is 5.69 Å². The van der Waals surface area contributed by atoms with Gasteiger partial charge in [-0.3, -0.25) is 0 Å². The van der Waals surface area contributed by atoms with Crippen LogP contribution in [0.3, 0.4) is 0 Å². The molecular weight excluding hydrogens is 687 g/mol. The van der Waals surface area contributed by atoms with E-state index in [0.29, 0.717) is 16.9 Å². The molecule has 0 spiro atoms. The first-order valence-electron chi connectivity index (χ1n) is 18.5. The van der Waals surface area contributed by atoms with Gasteiger partial charge in [0.25, 0.3) is 0 Å². The van der Waals surface area contributed by atoms with Crippen LogP contribution in [0.5, 0.6) is 0 Å². The minimum atomic E-state index is 0.397. The van der Waals surface area contributed by atoms with E-state index < -0.39 is 0 Å². The van der Waals surface area contributed by atoms with E-state index in [1.54, 1.807) is 0 Å². The van der Waals surface area contributed by atoms with Crippen LogP contribution in [-0.2, 0) is 0 Å². The number of nitrogens with zero attached hydrogens (tertiary/aromatic N) is 5. The summed E-state index contributed by atoms with van der Waals surface area (Å²) in [6.07, 6.45) is 0. The van der Waals surface area contributed by atoms with E-state index in [1.807, 2.05) is 54.6 Å². The van der Waals surface area contributed by atoms with E-state index in [9.17, 15) is 5.26 Å². The largest absolute Gasteiger partial charge is 0.455 e. The zero-order chi connectivity index (χ0) is 37.1. The van der Waals surface area contributed by atoms with Crippen molar-refractivity contribution in [2.24, 2.45) is 0 Å². The molecule has 0 bridgehead atoms. The Labute approximate surface area is 319 Å². The van der Waals surface area contributed by atoms with Crippen LogP contribution in [0.2, 0.25) is 0 Å². The van der Waals surface area contributed by atoms with E-state index >= 15 is 0 Å². The Morgan fingerprint density at radius 1 is 0.446 bits per heavy atom. The Kier molecular flexibility index (Phi) is 6.10. The zero-order valence-electron chi connectivity index (χ0n) is 29.7. The molecular formula is C50H27N5O. The molecule has 4 heterocycles. The van der Waals surface area contributed by atoms with Crippen molar-refractivity contribution in [3.05, 3.63) is 181 Å². The average molecular weight is 714 g/mol. The molecule has 12 rings (SSSR count). The van der Waals surface area contributed by atoms with Crippen molar-refractivity contribution in [2.45, 2.75) is 0 Å². The molecule has 12 aromatic rings. The Balaban J connectivity index is 1.20. The van der Waals surface area contributed by atoms with E-state index in [-0.39, 0.29) is 0 Å². The smallest absolute Gasteiger partial charge is 0.212 e. The van der Waals surface area contributed by atoms with Crippen molar-refractivity contribution >= 4 is 93.0 Å². The van der Waals surface area contributed by atoms with Crippen molar-refractivity contribution < 1.29 is 4.42 Å². The Bertz CT molecular complexity index is 3680. The molecule has 56 heavy (non-hydrogen) atoms. The third kappa shape index (κ3) is 3.86. The Hall–Kier alpha value is -8.06. The highest BCUT2D eigenvalue weighted by atomic mass is 16.3. The summed E-state index contributed by atoms with van der Waals surface area (Å²) in [5.41, 5.74) is 10.7. The van der Waals surface area contributed by atoms with Crippen LogP contribution in [0, 0.1) is 17.9 Å². The highest BCUT2D eigenvalue weighted by molar-refractivity contribution is 6.29. The molecule has 0 aliphatic rings. The number of benzene rings is 8. The molecule has 0 unspecified atom stereocenters. The van der Waals surface area contributed by atoms with Gasteiger partial charge in [-0.15, -0.1) is 0 Å². The number of aromatic nitrogens is 3. The third-order valence-corrected chi connectivity index (χ3v) is 11.5. The quantitative estimate of drug-likeness (QED) is 0.171. The topological polar surface area (TPSA) is 56.1 Å². The first kappa shape index (κ1) is 30.4. The number of rotatable bonds is 3. The molecule has 6 nitrogen and oxygen atoms in total. The van der Waals surface area contributed by atoms with E-state index in [1.165, 1.54) is 0 Å². The molecule has 8 aromatic carbocycles. The first-order valence-corrected chi connectivity index (χ1v) is 18.5. The van der Waals surface area contributed by atoms with Crippen LogP contribution >= 0.6 is 0 Å². The van der Waals surface area contributed by atoms with Gasteiger partial charge in [-0.25, -0.2) is 4.85 Å². The van der Waals surface area contributed by atoms with Gasteiger partial charge in [0.15, 0.2) is 0 Å². The molecule has 0 N–H and O–H groups in total. The normalized spacial score (nSPS) is 11.9. The second-order valence-electron chi connectivity index (χ2n) is 14.2. The van der Waals surface area contributed by atoms with Crippen LogP contribution < -0.4 is 0 Å². The number of para-hydroxylation sites is 5. The second-order valence-corrected chi connectivity index (χ2v) is 14.2. The van der Waals surface area contributed by atoms with Gasteiger partial charge in [0, 0.05) is 38.0 Å². The van der Waals surface area contributed by atoms with Gasteiger partial charge in [0.1, 0.15) is 17.2 Å². The zero-order valence-corrected chi connectivity index (χ0v) is 29.7. The van der Waals surface area contributed by atoms with Gasteiger partial charge < -0.3 is 18.1 Å². The number of hydrogen-bond acceptors (Lipinski definition) is 2. The molecule has 0 amide bonds. The van der Waals surface area contributed by atoms with E-state index in [2.05, 4.69) is 134 Å². The summed E-state index contributed by atoms with van der Waals surface area (Å²) in [5, 5.41) is 19.5. The van der Waals surface area contributed by atoms with Crippen LogP contribution in [0.15, 0.2) is 168 Å². The molecule has 0 aliphatic heterocycles. The van der Waals surface area contributed by atoms with Crippen molar-refractivity contribution in [1.29, 1.82) is 5.26 Å². The van der Waals surface area contributed by atoms with E-state index in [0.717, 1.165) is 98.7 Å². The van der Waals surface area contributed by atoms with Crippen LogP contribution in [0.1, 0.15) is 5.56 Å². The summed E-state index contributed by atoms with van der Waals surface area (Å²) in [5.74, 6) is 0. The Morgan fingerprint density at radius 2 is 0.929 bits per heavy atom. The molecule has 0 radical (unpaired) electrons. The summed E-state index contributed by atoms with van der Waals surface area (Å²) in [4.78, 5) is 4.03. The standard InChI is InChI=1S/C50H27N5O/c1-52-38-25-28-43(54-39-19-9-5-15-31(39)32-16-6-10-20-40(32)54)37(29-51)48(38)55-42-22-12-8-18-36(42)47-45(55)27-24-34-33-23-26-44-46(49(33)56-50(34)47)35-17-7-11-21-41(35)53(44)30-13-3-2-4-14-30/h2-28H. The predicted molar refractivity (Wildman–Crippen MR) is 228 cm³/mol. The monoisotopic (exact) mass is 713 g/mol. The lowest BCUT2D eigenvalue weighted by Gasteiger charge is -2.17. The first-order chi connectivity index (χ1) is 27.7. The van der Waals surface area contributed by atoms with Gasteiger partial charge in [0.2, 0.25) is 5.69 Å². The lowest BCUT2D eigenvalue weighted by molar-refractivity contribution is 0.677. The highest BCUT2D eigenvalue weighted by Crippen LogP contribution is 2.46. The number of fused-ring (bicyclic) bond motifs is 14. The lowest BCUT2D eigenvalue weighted by atomic mass is 10.1. The molecule has 0 fully saturated rings. The third-order valence-electron chi connectivity index (χ3n) is 11.5. The van der Waals surface area contributed by atoms with Crippen molar-refractivity contribution in [1.82, 2.24) is 13.7 Å². The lowest BCUT2D eigenvalue weighted by Crippen LogP contribution is -2.04. The maximum Gasteiger partial charge on any atom is 0.212 e. The fourth-order valence-corrected chi connectivity index (χ4v) is 9.26. The molecule has 4 aromatic heterocycles. The Morgan fingerprint density at radius 3 is 1.48 bits per heavy atom. The molecule has 0 saturated heterocycles. The SMILES string of the molecule is [C-]#[N+]c1ccc(-n2c3ccccc3c3ccccc32)c(C#N)c1-n1c2ccccc2c2c3oc4c(ccc5c4c4ccccc4n5-c4ccccc4)c3ccc21. The maximum absolute atomic E-state index is 11.1. The molecule has 0 atom stereocenters. The second kappa shape index (κ2) is 11.2. The minimum Gasteiger partial charge on any atom is -0.455 e. The summed E-state index contributed by atoms with van der Waals surface area (Å²) in [6, 6.07) is 58.7. The molecule has 0 aliphatic carbocycles. The number of hydrogen-bond donors (Lipinski definition) is 0. The van der Waals surface area contributed by atoms with Gasteiger partial charge in [-0.05, 0) is 66.7 Å². The minimum absolute atomic E-state index is 0.397.